The molecule has 0 atom stereocenters. The fourth-order valence-electron chi connectivity index (χ4n) is 2.49. The van der Waals surface area contributed by atoms with Crippen molar-refractivity contribution in [3.63, 3.8) is 0 Å². The Hall–Kier alpha value is -2.00. The van der Waals surface area contributed by atoms with E-state index in [1.165, 1.54) is 4.31 Å². The molecule has 146 valence electrons. The maximum Gasteiger partial charge on any atom is 0.270 e. The van der Waals surface area contributed by atoms with Gasteiger partial charge in [0, 0.05) is 52.9 Å². The number of rotatable bonds is 7. The molecule has 0 saturated carbocycles. The van der Waals surface area contributed by atoms with Gasteiger partial charge in [-0.05, 0) is 60.3 Å². The lowest BCUT2D eigenvalue weighted by Gasteiger charge is -2.18. The van der Waals surface area contributed by atoms with E-state index < -0.39 is 10.0 Å². The van der Waals surface area contributed by atoms with Crippen LogP contribution in [0.1, 0.15) is 36.0 Å². The summed E-state index contributed by atoms with van der Waals surface area (Å²) in [7, 11) is -3.74. The fraction of sp³-hybridized carbons (Fsp3) is 0.273. The van der Waals surface area contributed by atoms with Gasteiger partial charge in [-0.15, -0.1) is 0 Å². The predicted molar refractivity (Wildman–Crippen MR) is 120 cm³/mol. The van der Waals surface area contributed by atoms with Crippen LogP contribution in [-0.2, 0) is 10.0 Å². The molecule has 0 heterocycles. The minimum atomic E-state index is -3.74. The molecular formula is C22H22INO3S. The lowest BCUT2D eigenvalue weighted by molar-refractivity contribution is 0.282. The minimum Gasteiger partial charge on any atom is -0.396 e. The van der Waals surface area contributed by atoms with Crippen LogP contribution in [-0.4, -0.2) is 31.0 Å². The molecule has 0 aromatic heterocycles. The number of halogens is 1. The number of hydrogen-bond donors (Lipinski definition) is 1. The molecule has 0 spiro atoms. The Labute approximate surface area is 181 Å². The number of aliphatic hydroxyl groups excluding tert-OH is 1. The third-order valence-corrected chi connectivity index (χ3v) is 6.04. The number of unbranched alkanes of at least 4 members (excludes halogenated alkanes) is 2. The van der Waals surface area contributed by atoms with E-state index >= 15 is 0 Å². The molecular weight excluding hydrogens is 485 g/mol. The van der Waals surface area contributed by atoms with Gasteiger partial charge in [0.1, 0.15) is 0 Å². The summed E-state index contributed by atoms with van der Waals surface area (Å²) in [5.41, 5.74) is 2.44. The topological polar surface area (TPSA) is 57.6 Å². The van der Waals surface area contributed by atoms with Gasteiger partial charge in [-0.2, -0.15) is 0 Å². The Balaban J connectivity index is 2.37. The Morgan fingerprint density at radius 1 is 0.964 bits per heavy atom. The maximum absolute atomic E-state index is 13.1. The summed E-state index contributed by atoms with van der Waals surface area (Å²) in [6, 6.07) is 17.0. The first-order chi connectivity index (χ1) is 13.5. The van der Waals surface area contributed by atoms with Crippen molar-refractivity contribution in [3.8, 4) is 21.8 Å². The summed E-state index contributed by atoms with van der Waals surface area (Å²) in [5, 5.41) is 8.96. The minimum absolute atomic E-state index is 0.0960. The Bertz CT molecular complexity index is 1010. The first-order valence-corrected chi connectivity index (χ1v) is 11.4. The average Bonchev–Trinajstić information content (AvgIpc) is 2.69. The van der Waals surface area contributed by atoms with E-state index in [-0.39, 0.29) is 18.0 Å². The number of hydrogen-bond acceptors (Lipinski definition) is 3. The van der Waals surface area contributed by atoms with Crippen LogP contribution in [0.5, 0.6) is 0 Å². The van der Waals surface area contributed by atoms with Crippen molar-refractivity contribution >= 4 is 32.6 Å². The van der Waals surface area contributed by atoms with Gasteiger partial charge in [0.2, 0.25) is 0 Å². The van der Waals surface area contributed by atoms with Gasteiger partial charge in [0.15, 0.2) is 0 Å². The molecule has 0 bridgehead atoms. The Kier molecular flexibility index (Phi) is 8.85. The maximum atomic E-state index is 13.1. The molecule has 4 nitrogen and oxygen atoms in total. The van der Waals surface area contributed by atoms with Crippen LogP contribution in [0.3, 0.4) is 0 Å². The van der Waals surface area contributed by atoms with Crippen molar-refractivity contribution in [3.05, 3.63) is 65.2 Å². The first kappa shape index (κ1) is 22.3. The molecule has 2 aromatic carbocycles. The van der Waals surface area contributed by atoms with E-state index in [9.17, 15) is 8.42 Å². The normalized spacial score (nSPS) is 10.4. The lowest BCUT2D eigenvalue weighted by Crippen LogP contribution is -2.27. The molecule has 0 fully saturated rings. The SMILES string of the molecule is Cc1ccc(S(=O)(=O)N(C#Cc2ccccc2C#CI)CCCCCO)cc1. The van der Waals surface area contributed by atoms with Gasteiger partial charge < -0.3 is 5.11 Å². The summed E-state index contributed by atoms with van der Waals surface area (Å²) in [4.78, 5) is 0.217. The van der Waals surface area contributed by atoms with Crippen molar-refractivity contribution in [2.24, 2.45) is 0 Å². The second-order valence-corrected chi connectivity index (χ2v) is 8.58. The summed E-state index contributed by atoms with van der Waals surface area (Å²) >= 11 is 1.96. The second-order valence-electron chi connectivity index (χ2n) is 6.18. The van der Waals surface area contributed by atoms with E-state index in [0.717, 1.165) is 17.5 Å². The number of nitrogens with zero attached hydrogens (tertiary/aromatic N) is 1. The molecule has 0 radical (unpaired) electrons. The van der Waals surface area contributed by atoms with E-state index in [0.29, 0.717) is 18.4 Å². The largest absolute Gasteiger partial charge is 0.396 e. The van der Waals surface area contributed by atoms with Crippen molar-refractivity contribution in [2.45, 2.75) is 31.1 Å². The van der Waals surface area contributed by atoms with Gasteiger partial charge >= 0.3 is 0 Å². The van der Waals surface area contributed by atoms with Crippen LogP contribution >= 0.6 is 22.6 Å². The van der Waals surface area contributed by atoms with E-state index in [2.05, 4.69) is 21.8 Å². The molecule has 2 aromatic rings. The third kappa shape index (κ3) is 6.27. The fourth-order valence-corrected chi connectivity index (χ4v) is 4.05. The van der Waals surface area contributed by atoms with Crippen molar-refractivity contribution in [1.29, 1.82) is 0 Å². The van der Waals surface area contributed by atoms with E-state index in [4.69, 9.17) is 5.11 Å². The second kappa shape index (κ2) is 11.1. The predicted octanol–water partition coefficient (Wildman–Crippen LogP) is 3.90. The van der Waals surface area contributed by atoms with E-state index in [1.54, 1.807) is 24.3 Å². The highest BCUT2D eigenvalue weighted by molar-refractivity contribution is 14.1. The van der Waals surface area contributed by atoms with E-state index in [1.807, 2.05) is 53.8 Å². The van der Waals surface area contributed by atoms with Gasteiger partial charge in [-0.1, -0.05) is 35.7 Å². The van der Waals surface area contributed by atoms with Crippen LogP contribution < -0.4 is 0 Å². The van der Waals surface area contributed by atoms with Crippen LogP contribution in [0.25, 0.3) is 0 Å². The van der Waals surface area contributed by atoms with Crippen LogP contribution in [0, 0.1) is 28.7 Å². The monoisotopic (exact) mass is 507 g/mol. The average molecular weight is 507 g/mol. The van der Waals surface area contributed by atoms with Crippen molar-refractivity contribution in [1.82, 2.24) is 4.31 Å². The highest BCUT2D eigenvalue weighted by atomic mass is 127. The zero-order valence-electron chi connectivity index (χ0n) is 15.7. The number of benzene rings is 2. The summed E-state index contributed by atoms with van der Waals surface area (Å²) in [6.07, 6.45) is 1.99. The van der Waals surface area contributed by atoms with Gasteiger partial charge in [0.25, 0.3) is 10.0 Å². The molecule has 2 rings (SSSR count). The van der Waals surface area contributed by atoms with Crippen LogP contribution in [0.4, 0.5) is 0 Å². The molecule has 0 saturated heterocycles. The van der Waals surface area contributed by atoms with Crippen LogP contribution in [0.2, 0.25) is 0 Å². The smallest absolute Gasteiger partial charge is 0.270 e. The highest BCUT2D eigenvalue weighted by Crippen LogP contribution is 2.17. The highest BCUT2D eigenvalue weighted by Gasteiger charge is 2.21. The number of aliphatic hydroxyl groups is 1. The van der Waals surface area contributed by atoms with Gasteiger partial charge in [0.05, 0.1) is 4.90 Å². The quantitative estimate of drug-likeness (QED) is 0.268. The molecule has 0 aliphatic heterocycles. The zero-order valence-corrected chi connectivity index (χ0v) is 18.6. The van der Waals surface area contributed by atoms with Crippen LogP contribution in [0.15, 0.2) is 53.4 Å². The first-order valence-electron chi connectivity index (χ1n) is 8.91. The molecule has 0 unspecified atom stereocenters. The summed E-state index contributed by atoms with van der Waals surface area (Å²) in [6.45, 7) is 2.27. The third-order valence-electron chi connectivity index (χ3n) is 4.05. The van der Waals surface area contributed by atoms with Gasteiger partial charge in [-0.25, -0.2) is 12.7 Å². The lowest BCUT2D eigenvalue weighted by atomic mass is 10.1. The molecule has 0 aliphatic rings. The molecule has 28 heavy (non-hydrogen) atoms. The van der Waals surface area contributed by atoms with Crippen molar-refractivity contribution in [2.75, 3.05) is 13.2 Å². The van der Waals surface area contributed by atoms with Gasteiger partial charge in [-0.3, -0.25) is 0 Å². The number of aryl methyl sites for hydroxylation is 1. The van der Waals surface area contributed by atoms with Crippen molar-refractivity contribution < 1.29 is 13.5 Å². The molecule has 0 amide bonds. The standard InChI is InChI=1S/C22H22INO3S/c1-19-9-11-22(12-10-19)28(26,27)24(16-5-2-6-18-25)17-14-21-8-4-3-7-20(21)13-15-23/h3-4,7-12,25H,2,5-6,16,18H2,1H3. The number of sulfonamides is 1. The summed E-state index contributed by atoms with van der Waals surface area (Å²) < 4.78 is 30.2. The Morgan fingerprint density at radius 2 is 1.61 bits per heavy atom. The molecule has 6 heteroatoms. The molecule has 1 N–H and O–H groups in total. The zero-order chi connectivity index (χ0) is 20.4. The molecule has 0 aliphatic carbocycles. The summed E-state index contributed by atoms with van der Waals surface area (Å²) in [5.74, 6) is 5.94. The Morgan fingerprint density at radius 3 is 2.21 bits per heavy atom.